The van der Waals surface area contributed by atoms with Crippen LogP contribution in [0.1, 0.15) is 34.1 Å². The molecule has 4 nitrogen and oxygen atoms in total. The molecule has 0 N–H and O–H groups in total. The van der Waals surface area contributed by atoms with Gasteiger partial charge in [0, 0.05) is 16.3 Å². The summed E-state index contributed by atoms with van der Waals surface area (Å²) in [6.45, 7) is 5.87. The molecule has 2 aromatic heterocycles. The molecule has 0 spiro atoms. The van der Waals surface area contributed by atoms with Crippen molar-refractivity contribution in [2.45, 2.75) is 27.2 Å². The molecule has 3 rings (SSSR count). The normalized spacial score (nSPS) is 11.0. The van der Waals surface area contributed by atoms with E-state index in [1.165, 1.54) is 11.2 Å². The molecule has 0 aliphatic rings. The third-order valence-corrected chi connectivity index (χ3v) is 5.05. The van der Waals surface area contributed by atoms with Crippen molar-refractivity contribution in [3.63, 3.8) is 0 Å². The molecule has 0 atom stereocenters. The van der Waals surface area contributed by atoms with Gasteiger partial charge in [0.1, 0.15) is 16.9 Å². The van der Waals surface area contributed by atoms with Crippen LogP contribution in [-0.4, -0.2) is 15.8 Å². The minimum atomic E-state index is -0.0222. The van der Waals surface area contributed by atoms with Crippen LogP contribution < -0.4 is 4.74 Å². The van der Waals surface area contributed by atoms with Gasteiger partial charge < -0.3 is 4.74 Å². The number of fused-ring (bicyclic) bond motifs is 1. The molecule has 0 aliphatic heterocycles. The molecular formula is C17H15ClN2O2S. The SMILES string of the molecule is CCC(=O)c1cc(Cl)ccc1Oc1ncnc2sc(C)c(C)c12. The molecule has 0 fully saturated rings. The summed E-state index contributed by atoms with van der Waals surface area (Å²) >= 11 is 7.61. The first kappa shape index (κ1) is 15.9. The Bertz CT molecular complexity index is 905. The lowest BCUT2D eigenvalue weighted by Gasteiger charge is -2.10. The quantitative estimate of drug-likeness (QED) is 0.598. The second kappa shape index (κ2) is 6.26. The van der Waals surface area contributed by atoms with Gasteiger partial charge in [0.15, 0.2) is 5.78 Å². The standard InChI is InChI=1S/C17H15ClN2O2S/c1-4-13(21)12-7-11(18)5-6-14(12)22-16-15-9(2)10(3)23-17(15)20-8-19-16/h5-8H,4H2,1-3H3. The van der Waals surface area contributed by atoms with Crippen LogP contribution in [0.25, 0.3) is 10.2 Å². The van der Waals surface area contributed by atoms with Gasteiger partial charge >= 0.3 is 0 Å². The lowest BCUT2D eigenvalue weighted by Crippen LogP contribution is -2.01. The lowest BCUT2D eigenvalue weighted by atomic mass is 10.1. The molecule has 6 heteroatoms. The first-order valence-corrected chi connectivity index (χ1v) is 8.42. The number of carbonyl (C=O) groups excluding carboxylic acids is 1. The van der Waals surface area contributed by atoms with Gasteiger partial charge in [0.2, 0.25) is 5.88 Å². The number of aryl methyl sites for hydroxylation is 2. The zero-order valence-electron chi connectivity index (χ0n) is 13.0. The topological polar surface area (TPSA) is 52.1 Å². The molecule has 0 saturated carbocycles. The van der Waals surface area contributed by atoms with Crippen molar-refractivity contribution in [1.29, 1.82) is 0 Å². The molecule has 0 radical (unpaired) electrons. The van der Waals surface area contributed by atoms with Crippen molar-refractivity contribution >= 4 is 38.9 Å². The maximum absolute atomic E-state index is 12.1. The minimum Gasteiger partial charge on any atom is -0.437 e. The molecule has 3 aromatic rings. The molecule has 23 heavy (non-hydrogen) atoms. The molecule has 2 heterocycles. The van der Waals surface area contributed by atoms with Crippen LogP contribution in [0.15, 0.2) is 24.5 Å². The van der Waals surface area contributed by atoms with Gasteiger partial charge in [-0.2, -0.15) is 0 Å². The summed E-state index contributed by atoms with van der Waals surface area (Å²) in [5.74, 6) is 0.903. The number of rotatable bonds is 4. The van der Waals surface area contributed by atoms with Crippen LogP contribution >= 0.6 is 22.9 Å². The summed E-state index contributed by atoms with van der Waals surface area (Å²) in [4.78, 5) is 22.7. The fourth-order valence-electron chi connectivity index (χ4n) is 2.33. The lowest BCUT2D eigenvalue weighted by molar-refractivity contribution is 0.0986. The Morgan fingerprint density at radius 1 is 1.30 bits per heavy atom. The van der Waals surface area contributed by atoms with Crippen LogP contribution in [0.2, 0.25) is 5.02 Å². The van der Waals surface area contributed by atoms with Crippen molar-refractivity contribution in [2.75, 3.05) is 0 Å². The molecular weight excluding hydrogens is 332 g/mol. The first-order chi connectivity index (χ1) is 11.0. The highest BCUT2D eigenvalue weighted by Crippen LogP contribution is 2.37. The number of thiophene rings is 1. The average molecular weight is 347 g/mol. The van der Waals surface area contributed by atoms with Crippen LogP contribution in [0.5, 0.6) is 11.6 Å². The number of halogens is 1. The maximum Gasteiger partial charge on any atom is 0.231 e. The highest BCUT2D eigenvalue weighted by Gasteiger charge is 2.17. The Balaban J connectivity index is 2.11. The summed E-state index contributed by atoms with van der Waals surface area (Å²) < 4.78 is 5.97. The van der Waals surface area contributed by atoms with Gasteiger partial charge in [-0.05, 0) is 37.6 Å². The van der Waals surface area contributed by atoms with Crippen molar-refractivity contribution < 1.29 is 9.53 Å². The van der Waals surface area contributed by atoms with E-state index >= 15 is 0 Å². The summed E-state index contributed by atoms with van der Waals surface area (Å²) in [5, 5.41) is 1.39. The van der Waals surface area contributed by atoms with E-state index in [2.05, 4.69) is 9.97 Å². The predicted molar refractivity (Wildman–Crippen MR) is 93.0 cm³/mol. The number of hydrogen-bond acceptors (Lipinski definition) is 5. The monoisotopic (exact) mass is 346 g/mol. The highest BCUT2D eigenvalue weighted by atomic mass is 35.5. The van der Waals surface area contributed by atoms with Gasteiger partial charge in [-0.3, -0.25) is 4.79 Å². The van der Waals surface area contributed by atoms with Crippen LogP contribution in [0, 0.1) is 13.8 Å². The van der Waals surface area contributed by atoms with Gasteiger partial charge in [0.05, 0.1) is 10.9 Å². The van der Waals surface area contributed by atoms with Gasteiger partial charge in [-0.15, -0.1) is 11.3 Å². The van der Waals surface area contributed by atoms with E-state index in [-0.39, 0.29) is 5.78 Å². The highest BCUT2D eigenvalue weighted by molar-refractivity contribution is 7.18. The zero-order valence-corrected chi connectivity index (χ0v) is 14.6. The fraction of sp³-hybridized carbons (Fsp3) is 0.235. The summed E-state index contributed by atoms with van der Waals surface area (Å²) in [6.07, 6.45) is 1.86. The van der Waals surface area contributed by atoms with E-state index < -0.39 is 0 Å². The Labute approximate surface area is 143 Å². The van der Waals surface area contributed by atoms with Crippen LogP contribution in [0.3, 0.4) is 0 Å². The second-order valence-electron chi connectivity index (χ2n) is 5.16. The number of carbonyl (C=O) groups is 1. The summed E-state index contributed by atoms with van der Waals surface area (Å²) in [6, 6.07) is 5.04. The third kappa shape index (κ3) is 2.94. The van der Waals surface area contributed by atoms with E-state index in [0.29, 0.717) is 28.6 Å². The van der Waals surface area contributed by atoms with Crippen LogP contribution in [-0.2, 0) is 0 Å². The summed E-state index contributed by atoms with van der Waals surface area (Å²) in [7, 11) is 0. The second-order valence-corrected chi connectivity index (χ2v) is 6.80. The maximum atomic E-state index is 12.1. The number of aromatic nitrogens is 2. The molecule has 0 amide bonds. The van der Waals surface area contributed by atoms with E-state index in [1.54, 1.807) is 29.5 Å². The molecule has 1 aromatic carbocycles. The number of ether oxygens (including phenoxy) is 1. The molecule has 0 aliphatic carbocycles. The third-order valence-electron chi connectivity index (χ3n) is 3.70. The fourth-order valence-corrected chi connectivity index (χ4v) is 3.49. The molecule has 0 unspecified atom stereocenters. The Hall–Kier alpha value is -1.98. The number of Topliss-reactive ketones (excluding diaryl/α,β-unsaturated/α-hetero) is 1. The largest absolute Gasteiger partial charge is 0.437 e. The Morgan fingerprint density at radius 3 is 2.83 bits per heavy atom. The molecule has 118 valence electrons. The van der Waals surface area contributed by atoms with E-state index in [0.717, 1.165) is 15.8 Å². The molecule has 0 saturated heterocycles. The number of benzene rings is 1. The van der Waals surface area contributed by atoms with Crippen LogP contribution in [0.4, 0.5) is 0 Å². The van der Waals surface area contributed by atoms with Gasteiger partial charge in [-0.1, -0.05) is 18.5 Å². The number of nitrogens with zero attached hydrogens (tertiary/aromatic N) is 2. The van der Waals surface area contributed by atoms with Gasteiger partial charge in [-0.25, -0.2) is 9.97 Å². The Morgan fingerprint density at radius 2 is 2.09 bits per heavy atom. The van der Waals surface area contributed by atoms with E-state index in [9.17, 15) is 4.79 Å². The predicted octanol–water partition coefficient (Wildman–Crippen LogP) is 5.35. The summed E-state index contributed by atoms with van der Waals surface area (Å²) in [5.41, 5.74) is 1.56. The first-order valence-electron chi connectivity index (χ1n) is 7.22. The van der Waals surface area contributed by atoms with E-state index in [1.807, 2.05) is 20.8 Å². The smallest absolute Gasteiger partial charge is 0.231 e. The van der Waals surface area contributed by atoms with E-state index in [4.69, 9.17) is 16.3 Å². The Kier molecular flexibility index (Phi) is 4.33. The van der Waals surface area contributed by atoms with Crippen molar-refractivity contribution in [2.24, 2.45) is 0 Å². The number of ketones is 1. The number of hydrogen-bond donors (Lipinski definition) is 0. The van der Waals surface area contributed by atoms with Crippen molar-refractivity contribution in [3.8, 4) is 11.6 Å². The average Bonchev–Trinajstić information content (AvgIpc) is 2.84. The van der Waals surface area contributed by atoms with Crippen molar-refractivity contribution in [1.82, 2.24) is 9.97 Å². The van der Waals surface area contributed by atoms with Crippen molar-refractivity contribution in [3.05, 3.63) is 45.6 Å². The zero-order chi connectivity index (χ0) is 16.6. The minimum absolute atomic E-state index is 0.0222. The molecule has 0 bridgehead atoms. The van der Waals surface area contributed by atoms with Gasteiger partial charge in [0.25, 0.3) is 0 Å².